The molecule has 2 heterocycles. The topological polar surface area (TPSA) is 83.9 Å². The first-order chi connectivity index (χ1) is 11.9. The van der Waals surface area contributed by atoms with Gasteiger partial charge in [-0.25, -0.2) is 8.42 Å². The highest BCUT2D eigenvalue weighted by Crippen LogP contribution is 2.36. The molecular formula is C18H15NO5S. The van der Waals surface area contributed by atoms with Crippen LogP contribution in [0.25, 0.3) is 5.76 Å². The molecule has 6 nitrogen and oxygen atoms in total. The van der Waals surface area contributed by atoms with E-state index in [2.05, 4.69) is 0 Å². The number of hydrogen-bond donors (Lipinski definition) is 1. The van der Waals surface area contributed by atoms with Crippen LogP contribution in [-0.4, -0.2) is 37.3 Å². The van der Waals surface area contributed by atoms with Crippen molar-refractivity contribution >= 4 is 21.6 Å². The van der Waals surface area contributed by atoms with Crippen molar-refractivity contribution in [2.45, 2.75) is 11.3 Å². The highest BCUT2D eigenvalue weighted by atomic mass is 32.2. The molecule has 0 radical (unpaired) electrons. The Kier molecular flexibility index (Phi) is 3.36. The number of aliphatic hydroxyl groups excluding tert-OH is 1. The first kappa shape index (κ1) is 15.7. The molecule has 0 saturated heterocycles. The van der Waals surface area contributed by atoms with Gasteiger partial charge in [-0.15, -0.1) is 0 Å². The van der Waals surface area contributed by atoms with E-state index in [1.54, 1.807) is 30.3 Å². The zero-order valence-electron chi connectivity index (χ0n) is 13.4. The van der Waals surface area contributed by atoms with Crippen LogP contribution in [-0.2, 0) is 16.4 Å². The fraction of sp³-hybridized carbons (Fsp3) is 0.167. The molecule has 2 aliphatic heterocycles. The summed E-state index contributed by atoms with van der Waals surface area (Å²) in [6.07, 6.45) is 0.693. The highest BCUT2D eigenvalue weighted by molar-refractivity contribution is 7.89. The fourth-order valence-electron chi connectivity index (χ4n) is 3.15. The molecule has 0 bridgehead atoms. The van der Waals surface area contributed by atoms with Crippen LogP contribution >= 0.6 is 0 Å². The van der Waals surface area contributed by atoms with Gasteiger partial charge in [-0.05, 0) is 35.9 Å². The minimum Gasteiger partial charge on any atom is -0.505 e. The van der Waals surface area contributed by atoms with E-state index >= 15 is 0 Å². The van der Waals surface area contributed by atoms with E-state index in [1.165, 1.54) is 19.2 Å². The summed E-state index contributed by atoms with van der Waals surface area (Å²) in [6.45, 7) is 0.558. The molecule has 0 spiro atoms. The Labute approximate surface area is 145 Å². The predicted octanol–water partition coefficient (Wildman–Crippen LogP) is 2.37. The van der Waals surface area contributed by atoms with Gasteiger partial charge in [0.1, 0.15) is 11.4 Å². The van der Waals surface area contributed by atoms with E-state index in [0.717, 1.165) is 15.6 Å². The maximum atomic E-state index is 13.0. The molecule has 0 unspecified atom stereocenters. The molecule has 0 amide bonds. The van der Waals surface area contributed by atoms with Crippen LogP contribution in [0.4, 0.5) is 0 Å². The largest absolute Gasteiger partial charge is 0.505 e. The summed E-state index contributed by atoms with van der Waals surface area (Å²) in [6, 6.07) is 11.0. The molecule has 2 aromatic carbocycles. The average Bonchev–Trinajstić information content (AvgIpc) is 3.08. The summed E-state index contributed by atoms with van der Waals surface area (Å²) < 4.78 is 31.6. The van der Waals surface area contributed by atoms with E-state index in [9.17, 15) is 18.3 Å². The third-order valence-corrected chi connectivity index (χ3v) is 6.30. The lowest BCUT2D eigenvalue weighted by Crippen LogP contribution is -2.35. The molecule has 0 aliphatic carbocycles. The smallest absolute Gasteiger partial charge is 0.265 e. The van der Waals surface area contributed by atoms with Gasteiger partial charge in [0.05, 0.1) is 11.5 Å². The summed E-state index contributed by atoms with van der Waals surface area (Å²) in [4.78, 5) is 12.9. The Morgan fingerprint density at radius 1 is 1.20 bits per heavy atom. The minimum absolute atomic E-state index is 0.0195. The van der Waals surface area contributed by atoms with Crippen LogP contribution in [0, 0.1) is 0 Å². The predicted molar refractivity (Wildman–Crippen MR) is 90.9 cm³/mol. The maximum Gasteiger partial charge on any atom is 0.265 e. The molecule has 7 heteroatoms. The molecule has 0 fully saturated rings. The normalized spacial score (nSPS) is 17.7. The van der Waals surface area contributed by atoms with Gasteiger partial charge in [0.15, 0.2) is 5.76 Å². The average molecular weight is 357 g/mol. The van der Waals surface area contributed by atoms with Crippen LogP contribution in [0.3, 0.4) is 0 Å². The fourth-order valence-corrected chi connectivity index (χ4v) is 4.54. The van der Waals surface area contributed by atoms with E-state index in [1.807, 2.05) is 0 Å². The number of carbonyl (C=O) groups is 1. The number of rotatable bonds is 2. The van der Waals surface area contributed by atoms with Crippen LogP contribution in [0.2, 0.25) is 0 Å². The Bertz CT molecular complexity index is 1040. The van der Waals surface area contributed by atoms with E-state index in [-0.39, 0.29) is 21.9 Å². The standard InChI is InChI=1S/C18H15NO5S/c1-19-16(17(20)12-6-7-14-11(10-12)8-9-24-14)18(21)13-4-2-3-5-15(13)25(19,22)23/h2-7,10,21H,8-9H2,1H3. The van der Waals surface area contributed by atoms with Gasteiger partial charge < -0.3 is 9.84 Å². The number of benzene rings is 2. The Morgan fingerprint density at radius 2 is 1.96 bits per heavy atom. The summed E-state index contributed by atoms with van der Waals surface area (Å²) >= 11 is 0. The van der Waals surface area contributed by atoms with Crippen LogP contribution in [0.15, 0.2) is 53.1 Å². The molecule has 25 heavy (non-hydrogen) atoms. The number of allylic oxidation sites excluding steroid dienone is 1. The maximum absolute atomic E-state index is 13.0. The van der Waals surface area contributed by atoms with Gasteiger partial charge in [-0.2, -0.15) is 0 Å². The molecule has 2 aromatic rings. The van der Waals surface area contributed by atoms with Crippen molar-refractivity contribution in [3.63, 3.8) is 0 Å². The second-order valence-electron chi connectivity index (χ2n) is 5.92. The molecular weight excluding hydrogens is 342 g/mol. The number of Topliss-reactive ketones (excluding diaryl/α,β-unsaturated/α-hetero) is 1. The van der Waals surface area contributed by atoms with Crippen molar-refractivity contribution in [2.24, 2.45) is 0 Å². The molecule has 0 saturated carbocycles. The quantitative estimate of drug-likeness (QED) is 0.834. The Balaban J connectivity index is 1.88. The first-order valence-corrected chi connectivity index (χ1v) is 9.17. The summed E-state index contributed by atoms with van der Waals surface area (Å²) in [5.41, 5.74) is 1.09. The number of ketones is 1. The lowest BCUT2D eigenvalue weighted by atomic mass is 10.0. The molecule has 4 rings (SSSR count). The zero-order valence-corrected chi connectivity index (χ0v) is 14.2. The van der Waals surface area contributed by atoms with E-state index < -0.39 is 15.8 Å². The number of aliphatic hydroxyl groups is 1. The molecule has 2 aliphatic rings. The lowest BCUT2D eigenvalue weighted by Gasteiger charge is -2.28. The van der Waals surface area contributed by atoms with Crippen molar-refractivity contribution in [3.05, 3.63) is 64.9 Å². The van der Waals surface area contributed by atoms with Crippen molar-refractivity contribution in [3.8, 4) is 5.75 Å². The second-order valence-corrected chi connectivity index (χ2v) is 7.85. The number of fused-ring (bicyclic) bond motifs is 2. The van der Waals surface area contributed by atoms with Crippen LogP contribution in [0.1, 0.15) is 21.5 Å². The van der Waals surface area contributed by atoms with Crippen LogP contribution < -0.4 is 4.74 Å². The van der Waals surface area contributed by atoms with Gasteiger partial charge in [-0.1, -0.05) is 12.1 Å². The third-order valence-electron chi connectivity index (χ3n) is 4.49. The zero-order chi connectivity index (χ0) is 17.8. The Hall–Kier alpha value is -2.80. The number of sulfonamides is 1. The van der Waals surface area contributed by atoms with Gasteiger partial charge in [0, 0.05) is 24.6 Å². The number of hydrogen-bond acceptors (Lipinski definition) is 5. The molecule has 0 aromatic heterocycles. The lowest BCUT2D eigenvalue weighted by molar-refractivity contribution is 0.101. The van der Waals surface area contributed by atoms with Gasteiger partial charge in [0.25, 0.3) is 10.0 Å². The number of ether oxygens (including phenoxy) is 1. The summed E-state index contributed by atoms with van der Waals surface area (Å²) in [7, 11) is -2.63. The van der Waals surface area contributed by atoms with Gasteiger partial charge >= 0.3 is 0 Å². The highest BCUT2D eigenvalue weighted by Gasteiger charge is 2.38. The third kappa shape index (κ3) is 2.23. The van der Waals surface area contributed by atoms with Crippen molar-refractivity contribution in [2.75, 3.05) is 13.7 Å². The number of carbonyl (C=O) groups excluding carboxylic acids is 1. The van der Waals surface area contributed by atoms with Crippen LogP contribution in [0.5, 0.6) is 5.75 Å². The SMILES string of the molecule is CN1C(C(=O)c2ccc3c(c2)CCO3)=C(O)c2ccccc2S1(=O)=O. The first-order valence-electron chi connectivity index (χ1n) is 7.73. The van der Waals surface area contributed by atoms with Gasteiger partial charge in [-0.3, -0.25) is 9.10 Å². The van der Waals surface area contributed by atoms with Crippen molar-refractivity contribution in [1.82, 2.24) is 4.31 Å². The molecule has 128 valence electrons. The van der Waals surface area contributed by atoms with Gasteiger partial charge in [0.2, 0.25) is 5.78 Å². The molecule has 0 atom stereocenters. The van der Waals surface area contributed by atoms with E-state index in [4.69, 9.17) is 4.74 Å². The Morgan fingerprint density at radius 3 is 2.76 bits per heavy atom. The van der Waals surface area contributed by atoms with Crippen molar-refractivity contribution in [1.29, 1.82) is 0 Å². The summed E-state index contributed by atoms with van der Waals surface area (Å²) in [5.74, 6) is -0.160. The minimum atomic E-state index is -3.90. The van der Waals surface area contributed by atoms with E-state index in [0.29, 0.717) is 18.6 Å². The summed E-state index contributed by atoms with van der Waals surface area (Å²) in [5, 5.41) is 10.6. The number of nitrogens with zero attached hydrogens (tertiary/aromatic N) is 1. The molecule has 1 N–H and O–H groups in total. The number of likely N-dealkylation sites (N-methyl/N-ethyl adjacent to an activating group) is 1. The van der Waals surface area contributed by atoms with Crippen molar-refractivity contribution < 1.29 is 23.1 Å². The monoisotopic (exact) mass is 357 g/mol. The second kappa shape index (κ2) is 5.35.